The third-order valence-corrected chi connectivity index (χ3v) is 7.42. The van der Waals surface area contributed by atoms with Gasteiger partial charge in [-0.2, -0.15) is 0 Å². The third kappa shape index (κ3) is 2.43. The number of anilines is 2. The van der Waals surface area contributed by atoms with Crippen LogP contribution in [-0.4, -0.2) is 37.3 Å². The zero-order chi connectivity index (χ0) is 23.8. The molecule has 1 amide bonds. The molecule has 0 aliphatic carbocycles. The van der Waals surface area contributed by atoms with Gasteiger partial charge in [0.15, 0.2) is 11.0 Å². The molecule has 2 aromatic carbocycles. The highest BCUT2D eigenvalue weighted by molar-refractivity contribution is 6.14. The Bertz CT molecular complexity index is 1170. The summed E-state index contributed by atoms with van der Waals surface area (Å²) in [5.41, 5.74) is -2.32. The maximum atomic E-state index is 13.9. The Hall–Kier alpha value is -3.55. The highest BCUT2D eigenvalue weighted by Gasteiger charge is 2.80. The SMILES string of the molecule is COc1ccc(N2CC3(C(=O)OC(C)(C)OC3=O)C(C)(C)C23C(=O)Nc2ccccc23)cc1. The van der Waals surface area contributed by atoms with Crippen LogP contribution in [0.25, 0.3) is 0 Å². The lowest BCUT2D eigenvalue weighted by Crippen LogP contribution is -2.63. The van der Waals surface area contributed by atoms with Gasteiger partial charge in [-0.3, -0.25) is 14.4 Å². The van der Waals surface area contributed by atoms with E-state index < -0.39 is 34.1 Å². The minimum atomic E-state index is -1.72. The highest BCUT2D eigenvalue weighted by Crippen LogP contribution is 2.66. The smallest absolute Gasteiger partial charge is 0.329 e. The van der Waals surface area contributed by atoms with Crippen LogP contribution in [0.3, 0.4) is 0 Å². The van der Waals surface area contributed by atoms with Crippen molar-refractivity contribution < 1.29 is 28.6 Å². The molecule has 3 aliphatic heterocycles. The number of methoxy groups -OCH3 is 1. The van der Waals surface area contributed by atoms with Crippen LogP contribution < -0.4 is 15.0 Å². The molecule has 1 unspecified atom stereocenters. The van der Waals surface area contributed by atoms with E-state index in [-0.39, 0.29) is 12.5 Å². The molecule has 3 heterocycles. The number of carbonyl (C=O) groups excluding carboxylic acids is 3. The lowest BCUT2D eigenvalue weighted by Gasteiger charge is -2.48. The molecule has 2 fully saturated rings. The number of esters is 2. The van der Waals surface area contributed by atoms with Crippen molar-refractivity contribution in [1.82, 2.24) is 0 Å². The van der Waals surface area contributed by atoms with E-state index in [2.05, 4.69) is 5.32 Å². The number of benzene rings is 2. The van der Waals surface area contributed by atoms with Crippen molar-refractivity contribution in [2.75, 3.05) is 23.9 Å². The average Bonchev–Trinajstić information content (AvgIpc) is 3.17. The molecule has 0 radical (unpaired) electrons. The molecule has 2 aromatic rings. The first-order valence-corrected chi connectivity index (χ1v) is 10.8. The molecule has 1 atom stereocenters. The minimum absolute atomic E-state index is 0.0815. The standard InChI is InChI=1S/C25H26N2O6/c1-22(2)24(20(29)32-23(3,4)33-21(24)30)14-27(15-10-12-16(31-5)13-11-15)25(22)17-8-6-7-9-18(17)26-19(25)28/h6-13H,14H2,1-5H3,(H,26,28). The summed E-state index contributed by atoms with van der Waals surface area (Å²) in [7, 11) is 1.57. The normalized spacial score (nSPS) is 26.1. The Morgan fingerprint density at radius 1 is 0.909 bits per heavy atom. The summed E-state index contributed by atoms with van der Waals surface area (Å²) >= 11 is 0. The summed E-state index contributed by atoms with van der Waals surface area (Å²) < 4.78 is 16.5. The van der Waals surface area contributed by atoms with Crippen LogP contribution in [0, 0.1) is 10.8 Å². The molecule has 0 saturated carbocycles. The summed E-state index contributed by atoms with van der Waals surface area (Å²) in [5.74, 6) is -2.43. The zero-order valence-electron chi connectivity index (χ0n) is 19.2. The van der Waals surface area contributed by atoms with Gasteiger partial charge in [-0.15, -0.1) is 0 Å². The number of fused-ring (bicyclic) bond motifs is 2. The minimum Gasteiger partial charge on any atom is -0.497 e. The molecule has 0 aromatic heterocycles. The Morgan fingerprint density at radius 3 is 2.12 bits per heavy atom. The summed E-state index contributed by atoms with van der Waals surface area (Å²) in [6, 6.07) is 14.5. The van der Waals surface area contributed by atoms with Gasteiger partial charge in [-0.05, 0) is 30.3 Å². The summed E-state index contributed by atoms with van der Waals surface area (Å²) in [4.78, 5) is 42.9. The van der Waals surface area contributed by atoms with Crippen LogP contribution in [0.4, 0.5) is 11.4 Å². The van der Waals surface area contributed by atoms with Gasteiger partial charge in [0.2, 0.25) is 0 Å². The summed E-state index contributed by atoms with van der Waals surface area (Å²) in [6.45, 7) is 6.48. The van der Waals surface area contributed by atoms with Gasteiger partial charge in [0.1, 0.15) is 5.75 Å². The van der Waals surface area contributed by atoms with Crippen molar-refractivity contribution in [3.8, 4) is 5.75 Å². The molecular formula is C25H26N2O6. The largest absolute Gasteiger partial charge is 0.497 e. The van der Waals surface area contributed by atoms with Gasteiger partial charge in [0.05, 0.1) is 7.11 Å². The van der Waals surface area contributed by atoms with Crippen molar-refractivity contribution in [1.29, 1.82) is 0 Å². The van der Waals surface area contributed by atoms with Crippen molar-refractivity contribution >= 4 is 29.2 Å². The van der Waals surface area contributed by atoms with Gasteiger partial charge in [-0.1, -0.05) is 32.0 Å². The van der Waals surface area contributed by atoms with E-state index in [1.165, 1.54) is 13.8 Å². The van der Waals surface area contributed by atoms with Crippen LogP contribution in [0.2, 0.25) is 0 Å². The first-order chi connectivity index (χ1) is 15.5. The monoisotopic (exact) mass is 450 g/mol. The average molecular weight is 450 g/mol. The zero-order valence-corrected chi connectivity index (χ0v) is 19.2. The van der Waals surface area contributed by atoms with Crippen molar-refractivity contribution in [3.05, 3.63) is 54.1 Å². The predicted molar refractivity (Wildman–Crippen MR) is 120 cm³/mol. The Morgan fingerprint density at radius 2 is 1.52 bits per heavy atom. The molecule has 2 spiro atoms. The number of nitrogens with one attached hydrogen (secondary N) is 1. The quantitative estimate of drug-likeness (QED) is 0.555. The molecule has 1 N–H and O–H groups in total. The van der Waals surface area contributed by atoms with Crippen LogP contribution in [0.1, 0.15) is 33.3 Å². The second-order valence-electron chi connectivity index (χ2n) is 9.70. The predicted octanol–water partition coefficient (Wildman–Crippen LogP) is 3.21. The summed E-state index contributed by atoms with van der Waals surface area (Å²) in [5, 5.41) is 2.97. The van der Waals surface area contributed by atoms with E-state index in [1.807, 2.05) is 41.3 Å². The first kappa shape index (κ1) is 21.3. The van der Waals surface area contributed by atoms with Crippen LogP contribution >= 0.6 is 0 Å². The lowest BCUT2D eigenvalue weighted by atomic mass is 9.57. The second kappa shape index (κ2) is 6.50. The van der Waals surface area contributed by atoms with Crippen molar-refractivity contribution in [2.24, 2.45) is 10.8 Å². The van der Waals surface area contributed by atoms with Gasteiger partial charge in [-0.25, -0.2) is 0 Å². The van der Waals surface area contributed by atoms with Crippen molar-refractivity contribution in [2.45, 2.75) is 39.0 Å². The van der Waals surface area contributed by atoms with E-state index in [4.69, 9.17) is 14.2 Å². The number of hydrogen-bond acceptors (Lipinski definition) is 7. The number of nitrogens with zero attached hydrogens (tertiary/aromatic N) is 1. The maximum absolute atomic E-state index is 13.9. The molecule has 2 saturated heterocycles. The fourth-order valence-corrected chi connectivity index (χ4v) is 5.74. The fourth-order valence-electron chi connectivity index (χ4n) is 5.74. The molecular weight excluding hydrogens is 424 g/mol. The van der Waals surface area contributed by atoms with Crippen LogP contribution in [0.5, 0.6) is 5.75 Å². The lowest BCUT2D eigenvalue weighted by molar-refractivity contribution is -0.257. The topological polar surface area (TPSA) is 94.2 Å². The van der Waals surface area contributed by atoms with Gasteiger partial charge >= 0.3 is 11.9 Å². The second-order valence-corrected chi connectivity index (χ2v) is 9.70. The number of carbonyl (C=O) groups is 3. The number of rotatable bonds is 2. The van der Waals surface area contributed by atoms with E-state index in [1.54, 1.807) is 33.1 Å². The molecule has 0 bridgehead atoms. The van der Waals surface area contributed by atoms with Crippen LogP contribution in [-0.2, 0) is 29.4 Å². The maximum Gasteiger partial charge on any atom is 0.329 e. The van der Waals surface area contributed by atoms with Gasteiger partial charge < -0.3 is 24.4 Å². The van der Waals surface area contributed by atoms with Crippen molar-refractivity contribution in [3.63, 3.8) is 0 Å². The van der Waals surface area contributed by atoms with Crippen LogP contribution in [0.15, 0.2) is 48.5 Å². The molecule has 33 heavy (non-hydrogen) atoms. The Kier molecular flexibility index (Phi) is 4.19. The number of cyclic esters (lactones) is 2. The van der Waals surface area contributed by atoms with E-state index in [0.717, 1.165) is 0 Å². The number of para-hydroxylation sites is 1. The summed E-state index contributed by atoms with van der Waals surface area (Å²) in [6.07, 6.45) is 0. The van der Waals surface area contributed by atoms with E-state index >= 15 is 0 Å². The number of amides is 1. The number of hydrogen-bond donors (Lipinski definition) is 1. The molecule has 5 rings (SSSR count). The molecule has 3 aliphatic rings. The van der Waals surface area contributed by atoms with Gasteiger partial charge in [0.25, 0.3) is 11.7 Å². The fraction of sp³-hybridized carbons (Fsp3) is 0.400. The molecule has 8 nitrogen and oxygen atoms in total. The van der Waals surface area contributed by atoms with E-state index in [9.17, 15) is 14.4 Å². The number of ether oxygens (including phenoxy) is 3. The first-order valence-electron chi connectivity index (χ1n) is 10.8. The molecule has 8 heteroatoms. The Balaban J connectivity index is 1.79. The Labute approximate surface area is 191 Å². The highest BCUT2D eigenvalue weighted by atomic mass is 16.7. The molecule has 172 valence electrons. The van der Waals surface area contributed by atoms with Gasteiger partial charge in [0, 0.05) is 42.7 Å². The third-order valence-electron chi connectivity index (χ3n) is 7.42. The van der Waals surface area contributed by atoms with E-state index in [0.29, 0.717) is 22.7 Å².